The SMILES string of the molecule is CN=C(NCCC(=O)OC)NCC(C)Oc1cccc(OC)c1.I. The highest BCUT2D eigenvalue weighted by molar-refractivity contribution is 14.0. The molecule has 0 amide bonds. The molecule has 0 fully saturated rings. The van der Waals surface area contributed by atoms with Gasteiger partial charge in [0.15, 0.2) is 5.96 Å². The van der Waals surface area contributed by atoms with Crippen LogP contribution in [0.3, 0.4) is 0 Å². The minimum atomic E-state index is -0.261. The number of halogens is 1. The van der Waals surface area contributed by atoms with Gasteiger partial charge in [0.25, 0.3) is 0 Å². The van der Waals surface area contributed by atoms with Crippen molar-refractivity contribution in [3.8, 4) is 11.5 Å². The van der Waals surface area contributed by atoms with Gasteiger partial charge < -0.3 is 24.8 Å². The smallest absolute Gasteiger partial charge is 0.307 e. The number of hydrogen-bond donors (Lipinski definition) is 2. The minimum absolute atomic E-state index is 0. The summed E-state index contributed by atoms with van der Waals surface area (Å²) in [5.74, 6) is 1.84. The van der Waals surface area contributed by atoms with E-state index in [1.807, 2.05) is 31.2 Å². The van der Waals surface area contributed by atoms with Gasteiger partial charge in [-0.3, -0.25) is 9.79 Å². The molecular weight excluding hydrogens is 425 g/mol. The number of nitrogens with zero attached hydrogens (tertiary/aromatic N) is 1. The number of guanidine groups is 1. The Hall–Kier alpha value is -1.71. The van der Waals surface area contributed by atoms with Gasteiger partial charge in [-0.25, -0.2) is 0 Å². The van der Waals surface area contributed by atoms with Crippen molar-refractivity contribution in [1.82, 2.24) is 10.6 Å². The molecule has 8 heteroatoms. The molecule has 1 aromatic rings. The first-order valence-electron chi connectivity index (χ1n) is 7.41. The highest BCUT2D eigenvalue weighted by Gasteiger charge is 2.07. The zero-order valence-corrected chi connectivity index (χ0v) is 16.8. The molecule has 0 heterocycles. The van der Waals surface area contributed by atoms with Crippen LogP contribution >= 0.6 is 24.0 Å². The molecule has 0 aliphatic rings. The van der Waals surface area contributed by atoms with E-state index in [2.05, 4.69) is 20.4 Å². The number of benzene rings is 1. The van der Waals surface area contributed by atoms with E-state index in [0.29, 0.717) is 19.0 Å². The van der Waals surface area contributed by atoms with Crippen LogP contribution in [0.2, 0.25) is 0 Å². The number of aliphatic imine (C=N–C) groups is 1. The zero-order valence-electron chi connectivity index (χ0n) is 14.5. The van der Waals surface area contributed by atoms with Crippen LogP contribution in [0.25, 0.3) is 0 Å². The third kappa shape index (κ3) is 8.80. The molecule has 1 unspecified atom stereocenters. The van der Waals surface area contributed by atoms with Gasteiger partial charge in [-0.15, -0.1) is 24.0 Å². The van der Waals surface area contributed by atoms with Crippen molar-refractivity contribution in [2.75, 3.05) is 34.4 Å². The second kappa shape index (κ2) is 12.7. The lowest BCUT2D eigenvalue weighted by Crippen LogP contribution is -2.42. The Kier molecular flexibility index (Phi) is 11.8. The number of esters is 1. The van der Waals surface area contributed by atoms with Crippen LogP contribution < -0.4 is 20.1 Å². The van der Waals surface area contributed by atoms with Gasteiger partial charge in [-0.05, 0) is 19.1 Å². The van der Waals surface area contributed by atoms with Gasteiger partial charge in [-0.1, -0.05) is 6.07 Å². The summed E-state index contributed by atoms with van der Waals surface area (Å²) < 4.78 is 15.6. The number of carbonyl (C=O) groups is 1. The number of carbonyl (C=O) groups excluding carboxylic acids is 1. The molecule has 24 heavy (non-hydrogen) atoms. The van der Waals surface area contributed by atoms with Gasteiger partial charge in [0.05, 0.1) is 27.2 Å². The molecule has 0 aromatic heterocycles. The molecular formula is C16H26IN3O4. The van der Waals surface area contributed by atoms with Crippen LogP contribution in [0.4, 0.5) is 0 Å². The topological polar surface area (TPSA) is 81.2 Å². The van der Waals surface area contributed by atoms with Crippen LogP contribution in [-0.2, 0) is 9.53 Å². The fraction of sp³-hybridized carbons (Fsp3) is 0.500. The van der Waals surface area contributed by atoms with Crippen molar-refractivity contribution in [3.05, 3.63) is 24.3 Å². The molecule has 1 atom stereocenters. The van der Waals surface area contributed by atoms with Gasteiger partial charge in [-0.2, -0.15) is 0 Å². The maximum Gasteiger partial charge on any atom is 0.307 e. The van der Waals surface area contributed by atoms with Crippen LogP contribution in [0.1, 0.15) is 13.3 Å². The molecule has 0 spiro atoms. The van der Waals surface area contributed by atoms with Gasteiger partial charge >= 0.3 is 5.97 Å². The lowest BCUT2D eigenvalue weighted by molar-refractivity contribution is -0.140. The van der Waals surface area contributed by atoms with Crippen LogP contribution in [-0.4, -0.2) is 52.4 Å². The van der Waals surface area contributed by atoms with Crippen molar-refractivity contribution in [2.45, 2.75) is 19.4 Å². The third-order valence-corrected chi connectivity index (χ3v) is 3.01. The highest BCUT2D eigenvalue weighted by atomic mass is 127. The van der Waals surface area contributed by atoms with Gasteiger partial charge in [0.2, 0.25) is 0 Å². The maximum atomic E-state index is 11.1. The van der Waals surface area contributed by atoms with E-state index in [0.717, 1.165) is 11.5 Å². The summed E-state index contributed by atoms with van der Waals surface area (Å²) in [6.07, 6.45) is 0.217. The van der Waals surface area contributed by atoms with Crippen LogP contribution in [0.15, 0.2) is 29.3 Å². The first-order valence-corrected chi connectivity index (χ1v) is 7.41. The van der Waals surface area contributed by atoms with E-state index in [4.69, 9.17) is 9.47 Å². The van der Waals surface area contributed by atoms with E-state index in [1.165, 1.54) is 7.11 Å². The van der Waals surface area contributed by atoms with Crippen molar-refractivity contribution < 1.29 is 19.0 Å². The van der Waals surface area contributed by atoms with Crippen LogP contribution in [0, 0.1) is 0 Å². The maximum absolute atomic E-state index is 11.1. The van der Waals surface area contributed by atoms with Gasteiger partial charge in [0, 0.05) is 19.7 Å². The molecule has 0 aliphatic heterocycles. The molecule has 0 radical (unpaired) electrons. The quantitative estimate of drug-likeness (QED) is 0.272. The summed E-state index contributed by atoms with van der Waals surface area (Å²) >= 11 is 0. The summed E-state index contributed by atoms with van der Waals surface area (Å²) in [5, 5.41) is 6.17. The van der Waals surface area contributed by atoms with E-state index < -0.39 is 0 Å². The van der Waals surface area contributed by atoms with Crippen molar-refractivity contribution in [3.63, 3.8) is 0 Å². The largest absolute Gasteiger partial charge is 0.497 e. The predicted octanol–water partition coefficient (Wildman–Crippen LogP) is 1.81. The Bertz CT molecular complexity index is 526. The standard InChI is InChI=1S/C16H25N3O4.HI/c1-12(23-14-7-5-6-13(10-14)21-3)11-19-16(17-2)18-9-8-15(20)22-4;/h5-7,10,12H,8-9,11H2,1-4H3,(H2,17,18,19);1H. The molecule has 0 saturated heterocycles. The lowest BCUT2D eigenvalue weighted by atomic mass is 10.3. The summed E-state index contributed by atoms with van der Waals surface area (Å²) in [5.41, 5.74) is 0. The summed E-state index contributed by atoms with van der Waals surface area (Å²) in [7, 11) is 4.65. The molecule has 7 nitrogen and oxygen atoms in total. The van der Waals surface area contributed by atoms with E-state index in [9.17, 15) is 4.79 Å². The second-order valence-electron chi connectivity index (χ2n) is 4.81. The highest BCUT2D eigenvalue weighted by Crippen LogP contribution is 2.19. The van der Waals surface area contributed by atoms with Crippen molar-refractivity contribution in [1.29, 1.82) is 0 Å². The number of nitrogens with one attached hydrogen (secondary N) is 2. The molecule has 0 aliphatic carbocycles. The summed E-state index contributed by atoms with van der Waals surface area (Å²) in [6.45, 7) is 2.97. The van der Waals surface area contributed by atoms with Crippen molar-refractivity contribution >= 4 is 35.9 Å². The Morgan fingerprint density at radius 3 is 2.58 bits per heavy atom. The molecule has 1 aromatic carbocycles. The molecule has 0 bridgehead atoms. The minimum Gasteiger partial charge on any atom is -0.497 e. The Balaban J connectivity index is 0.00000529. The fourth-order valence-electron chi connectivity index (χ4n) is 1.79. The Labute approximate surface area is 160 Å². The average molecular weight is 451 g/mol. The normalized spacial score (nSPS) is 11.8. The Morgan fingerprint density at radius 1 is 1.25 bits per heavy atom. The number of methoxy groups -OCH3 is 2. The first kappa shape index (κ1) is 22.3. The molecule has 0 saturated carbocycles. The lowest BCUT2D eigenvalue weighted by Gasteiger charge is -2.18. The first-order chi connectivity index (χ1) is 11.1. The molecule has 1 rings (SSSR count). The number of ether oxygens (including phenoxy) is 3. The van der Waals surface area contributed by atoms with Crippen molar-refractivity contribution in [2.24, 2.45) is 4.99 Å². The van der Waals surface area contributed by atoms with E-state index in [-0.39, 0.29) is 42.5 Å². The monoisotopic (exact) mass is 451 g/mol. The summed E-state index contributed by atoms with van der Waals surface area (Å²) in [4.78, 5) is 15.1. The molecule has 136 valence electrons. The van der Waals surface area contributed by atoms with E-state index in [1.54, 1.807) is 14.2 Å². The zero-order chi connectivity index (χ0) is 17.1. The summed E-state index contributed by atoms with van der Waals surface area (Å²) in [6, 6.07) is 7.45. The number of rotatable bonds is 8. The average Bonchev–Trinajstić information content (AvgIpc) is 2.57. The van der Waals surface area contributed by atoms with E-state index >= 15 is 0 Å². The molecule has 2 N–H and O–H groups in total. The number of hydrogen-bond acceptors (Lipinski definition) is 5. The van der Waals surface area contributed by atoms with Crippen LogP contribution in [0.5, 0.6) is 11.5 Å². The third-order valence-electron chi connectivity index (χ3n) is 3.01. The Morgan fingerprint density at radius 2 is 1.96 bits per heavy atom. The van der Waals surface area contributed by atoms with Gasteiger partial charge in [0.1, 0.15) is 17.6 Å². The predicted molar refractivity (Wildman–Crippen MR) is 104 cm³/mol. The second-order valence-corrected chi connectivity index (χ2v) is 4.81. The fourth-order valence-corrected chi connectivity index (χ4v) is 1.79.